The number of rotatable bonds is 8. The number of nitrogens with zero attached hydrogens (tertiary/aromatic N) is 2. The Balaban J connectivity index is 1.60. The lowest BCUT2D eigenvalue weighted by Crippen LogP contribution is -2.01. The molecule has 0 saturated heterocycles. The van der Waals surface area contributed by atoms with Gasteiger partial charge in [-0.25, -0.2) is 4.79 Å². The Morgan fingerprint density at radius 3 is 2.89 bits per heavy atom. The molecule has 3 aromatic rings. The van der Waals surface area contributed by atoms with E-state index >= 15 is 0 Å². The molecule has 1 aromatic carbocycles. The van der Waals surface area contributed by atoms with Crippen LogP contribution in [0.5, 0.6) is 11.5 Å². The molecule has 0 fully saturated rings. The van der Waals surface area contributed by atoms with E-state index in [-0.39, 0.29) is 18.4 Å². The highest BCUT2D eigenvalue weighted by Gasteiger charge is 2.13. The van der Waals surface area contributed by atoms with E-state index in [9.17, 15) is 4.79 Å². The molecule has 0 unspecified atom stereocenters. The standard InChI is InChI=1S/C19H17ClN2O6/c1-3-25-18-13(20)9-12(10-15(18)24-2)6-7-17(23)27-11-16-21-22-19(28-16)14-5-4-8-26-14/h4-10H,3,11H2,1-2H3/b7-6+. The van der Waals surface area contributed by atoms with Crippen molar-refractivity contribution in [3.8, 4) is 23.1 Å². The average Bonchev–Trinajstić information content (AvgIpc) is 3.38. The zero-order valence-corrected chi connectivity index (χ0v) is 15.9. The second-order valence-electron chi connectivity index (χ2n) is 5.39. The fourth-order valence-electron chi connectivity index (χ4n) is 2.28. The van der Waals surface area contributed by atoms with Gasteiger partial charge in [0.15, 0.2) is 23.9 Å². The van der Waals surface area contributed by atoms with E-state index in [4.69, 9.17) is 34.6 Å². The number of methoxy groups -OCH3 is 1. The lowest BCUT2D eigenvalue weighted by molar-refractivity contribution is -0.139. The van der Waals surface area contributed by atoms with E-state index in [0.29, 0.717) is 34.5 Å². The monoisotopic (exact) mass is 404 g/mol. The lowest BCUT2D eigenvalue weighted by Gasteiger charge is -2.11. The van der Waals surface area contributed by atoms with Crippen LogP contribution in [0.3, 0.4) is 0 Å². The molecule has 0 atom stereocenters. The van der Waals surface area contributed by atoms with Crippen LogP contribution in [-0.2, 0) is 16.1 Å². The van der Waals surface area contributed by atoms with Gasteiger partial charge in [0.25, 0.3) is 11.8 Å². The SMILES string of the molecule is CCOc1c(Cl)cc(/C=C/C(=O)OCc2nnc(-c3ccco3)o2)cc1OC. The van der Waals surface area contributed by atoms with Crippen molar-refractivity contribution < 1.29 is 27.8 Å². The summed E-state index contributed by atoms with van der Waals surface area (Å²) < 4.78 is 26.3. The van der Waals surface area contributed by atoms with Crippen LogP contribution < -0.4 is 9.47 Å². The van der Waals surface area contributed by atoms with Crippen molar-refractivity contribution in [1.82, 2.24) is 10.2 Å². The number of ether oxygens (including phenoxy) is 3. The van der Waals surface area contributed by atoms with Gasteiger partial charge in [-0.2, -0.15) is 0 Å². The Morgan fingerprint density at radius 1 is 1.32 bits per heavy atom. The molecule has 0 amide bonds. The summed E-state index contributed by atoms with van der Waals surface area (Å²) in [5.74, 6) is 1.14. The molecule has 0 aliphatic rings. The van der Waals surface area contributed by atoms with Crippen molar-refractivity contribution >= 4 is 23.6 Å². The predicted molar refractivity (Wildman–Crippen MR) is 100 cm³/mol. The van der Waals surface area contributed by atoms with E-state index in [1.54, 1.807) is 30.3 Å². The first-order chi connectivity index (χ1) is 13.6. The van der Waals surface area contributed by atoms with E-state index in [1.807, 2.05) is 6.92 Å². The summed E-state index contributed by atoms with van der Waals surface area (Å²) in [6, 6.07) is 6.75. The van der Waals surface area contributed by atoms with Crippen LogP contribution in [0.2, 0.25) is 5.02 Å². The molecule has 0 saturated carbocycles. The lowest BCUT2D eigenvalue weighted by atomic mass is 10.2. The Labute approximate surface area is 165 Å². The molecule has 28 heavy (non-hydrogen) atoms. The number of halogens is 1. The molecular formula is C19H17ClN2O6. The smallest absolute Gasteiger partial charge is 0.331 e. The average molecular weight is 405 g/mol. The van der Waals surface area contributed by atoms with Gasteiger partial charge >= 0.3 is 5.97 Å². The Hall–Kier alpha value is -3.26. The van der Waals surface area contributed by atoms with Crippen molar-refractivity contribution in [3.63, 3.8) is 0 Å². The minimum absolute atomic E-state index is 0.152. The molecule has 2 heterocycles. The summed E-state index contributed by atoms with van der Waals surface area (Å²) in [5.41, 5.74) is 0.653. The van der Waals surface area contributed by atoms with Gasteiger partial charge in [0.2, 0.25) is 0 Å². The number of carbonyl (C=O) groups excluding carboxylic acids is 1. The minimum atomic E-state index is -0.582. The molecule has 0 N–H and O–H groups in total. The maximum absolute atomic E-state index is 11.9. The maximum atomic E-state index is 11.9. The first kappa shape index (κ1) is 19.5. The number of furan rings is 1. The third-order valence-corrected chi connectivity index (χ3v) is 3.77. The Bertz CT molecular complexity index is 965. The number of hydrogen-bond acceptors (Lipinski definition) is 8. The van der Waals surface area contributed by atoms with Crippen LogP contribution in [0.4, 0.5) is 0 Å². The van der Waals surface area contributed by atoms with E-state index in [0.717, 1.165) is 0 Å². The fraction of sp³-hybridized carbons (Fsp3) is 0.211. The van der Waals surface area contributed by atoms with Gasteiger partial charge in [-0.15, -0.1) is 10.2 Å². The van der Waals surface area contributed by atoms with Gasteiger partial charge in [0, 0.05) is 6.08 Å². The quantitative estimate of drug-likeness (QED) is 0.408. The largest absolute Gasteiger partial charge is 0.493 e. The first-order valence-electron chi connectivity index (χ1n) is 8.32. The Morgan fingerprint density at radius 2 is 2.18 bits per heavy atom. The van der Waals surface area contributed by atoms with Crippen LogP contribution in [0.1, 0.15) is 18.4 Å². The summed E-state index contributed by atoms with van der Waals surface area (Å²) in [5, 5.41) is 8.00. The van der Waals surface area contributed by atoms with Gasteiger partial charge in [-0.1, -0.05) is 11.6 Å². The van der Waals surface area contributed by atoms with Crippen LogP contribution in [0.15, 0.2) is 45.4 Å². The van der Waals surface area contributed by atoms with Gasteiger partial charge in [0.05, 0.1) is 25.0 Å². The highest BCUT2D eigenvalue weighted by molar-refractivity contribution is 6.32. The van der Waals surface area contributed by atoms with Gasteiger partial charge in [-0.3, -0.25) is 0 Å². The van der Waals surface area contributed by atoms with Gasteiger partial charge in [0.1, 0.15) is 0 Å². The van der Waals surface area contributed by atoms with Gasteiger partial charge < -0.3 is 23.0 Å². The molecule has 0 spiro atoms. The third kappa shape index (κ3) is 4.72. The van der Waals surface area contributed by atoms with E-state index in [1.165, 1.54) is 19.4 Å². The zero-order valence-electron chi connectivity index (χ0n) is 15.2. The molecule has 0 aliphatic carbocycles. The van der Waals surface area contributed by atoms with Crippen LogP contribution in [-0.4, -0.2) is 29.9 Å². The predicted octanol–water partition coefficient (Wildman–Crippen LogP) is 4.15. The molecule has 0 aliphatic heterocycles. The molecule has 2 aromatic heterocycles. The van der Waals surface area contributed by atoms with Crippen LogP contribution >= 0.6 is 11.6 Å². The topological polar surface area (TPSA) is 96.8 Å². The first-order valence-corrected chi connectivity index (χ1v) is 8.70. The molecule has 8 nitrogen and oxygen atoms in total. The summed E-state index contributed by atoms with van der Waals surface area (Å²) in [7, 11) is 1.51. The van der Waals surface area contributed by atoms with Crippen molar-refractivity contribution in [3.05, 3.63) is 53.1 Å². The van der Waals surface area contributed by atoms with E-state index in [2.05, 4.69) is 10.2 Å². The van der Waals surface area contributed by atoms with Crippen LogP contribution in [0, 0.1) is 0 Å². The number of aromatic nitrogens is 2. The van der Waals surface area contributed by atoms with Crippen LogP contribution in [0.25, 0.3) is 17.7 Å². The van der Waals surface area contributed by atoms with Crippen molar-refractivity contribution in [1.29, 1.82) is 0 Å². The number of esters is 1. The molecule has 146 valence electrons. The second-order valence-corrected chi connectivity index (χ2v) is 5.79. The van der Waals surface area contributed by atoms with Crippen molar-refractivity contribution in [2.24, 2.45) is 0 Å². The summed E-state index contributed by atoms with van der Waals surface area (Å²) in [6.45, 7) is 2.14. The molecule has 9 heteroatoms. The Kier molecular flexibility index (Phi) is 6.33. The highest BCUT2D eigenvalue weighted by Crippen LogP contribution is 2.36. The second kappa shape index (κ2) is 9.09. The summed E-state index contributed by atoms with van der Waals surface area (Å²) in [4.78, 5) is 11.9. The highest BCUT2D eigenvalue weighted by atomic mass is 35.5. The molecule has 0 radical (unpaired) electrons. The minimum Gasteiger partial charge on any atom is -0.493 e. The van der Waals surface area contributed by atoms with Crippen molar-refractivity contribution in [2.75, 3.05) is 13.7 Å². The summed E-state index contributed by atoms with van der Waals surface area (Å²) in [6.07, 6.45) is 4.30. The van der Waals surface area contributed by atoms with Gasteiger partial charge in [-0.05, 0) is 42.8 Å². The normalized spacial score (nSPS) is 11.0. The molecular weight excluding hydrogens is 388 g/mol. The maximum Gasteiger partial charge on any atom is 0.331 e. The van der Waals surface area contributed by atoms with Crippen molar-refractivity contribution in [2.45, 2.75) is 13.5 Å². The van der Waals surface area contributed by atoms with E-state index < -0.39 is 5.97 Å². The number of carbonyl (C=O) groups is 1. The number of hydrogen-bond donors (Lipinski definition) is 0. The number of benzene rings is 1. The summed E-state index contributed by atoms with van der Waals surface area (Å²) >= 11 is 6.20. The molecule has 0 bridgehead atoms. The third-order valence-electron chi connectivity index (χ3n) is 3.49. The zero-order chi connectivity index (χ0) is 19.9. The fourth-order valence-corrected chi connectivity index (χ4v) is 2.55. The molecule has 3 rings (SSSR count).